The van der Waals surface area contributed by atoms with Gasteiger partial charge in [-0.1, -0.05) is 35.1 Å². The Labute approximate surface area is 195 Å². The third kappa shape index (κ3) is 3.95. The number of aryl methyl sites for hydroxylation is 1. The van der Waals surface area contributed by atoms with E-state index in [2.05, 4.69) is 15.0 Å². The van der Waals surface area contributed by atoms with E-state index in [4.69, 9.17) is 21.3 Å². The summed E-state index contributed by atoms with van der Waals surface area (Å²) in [5.74, 6) is 0.603. The summed E-state index contributed by atoms with van der Waals surface area (Å²) in [5, 5.41) is 3.10. The van der Waals surface area contributed by atoms with E-state index in [0.29, 0.717) is 25.6 Å². The third-order valence-electron chi connectivity index (χ3n) is 4.80. The maximum atomic E-state index is 13.0. The molecule has 0 saturated heterocycles. The topological polar surface area (TPSA) is 88.8 Å². The molecule has 1 atom stereocenters. The molecule has 5 aromatic rings. The Morgan fingerprint density at radius 2 is 2.12 bits per heavy atom. The van der Waals surface area contributed by atoms with Crippen LogP contribution in [0.5, 0.6) is 5.75 Å². The van der Waals surface area contributed by atoms with Crippen molar-refractivity contribution in [1.29, 1.82) is 0 Å². The quantitative estimate of drug-likeness (QED) is 0.318. The molecule has 10 heteroatoms. The number of aromatic nitrogens is 5. The second-order valence-corrected chi connectivity index (χ2v) is 9.78. The normalized spacial score (nSPS) is 12.2. The third-order valence-corrected chi connectivity index (χ3v) is 7.60. The molecule has 160 valence electrons. The van der Waals surface area contributed by atoms with Crippen molar-refractivity contribution >= 4 is 45.0 Å². The van der Waals surface area contributed by atoms with Gasteiger partial charge in [0, 0.05) is 41.2 Å². The van der Waals surface area contributed by atoms with E-state index in [9.17, 15) is 4.55 Å². The van der Waals surface area contributed by atoms with Gasteiger partial charge in [0.15, 0.2) is 4.90 Å². The zero-order valence-electron chi connectivity index (χ0n) is 16.8. The van der Waals surface area contributed by atoms with Crippen LogP contribution < -0.4 is 4.74 Å². The summed E-state index contributed by atoms with van der Waals surface area (Å²) < 4.78 is 21.6. The Bertz CT molecular complexity index is 1380. The Morgan fingerprint density at radius 1 is 1.22 bits per heavy atom. The molecule has 1 unspecified atom stereocenters. The van der Waals surface area contributed by atoms with E-state index in [0.717, 1.165) is 22.3 Å². The lowest BCUT2D eigenvalue weighted by molar-refractivity contribution is 0.306. The van der Waals surface area contributed by atoms with Crippen LogP contribution in [0.4, 0.5) is 0 Å². The van der Waals surface area contributed by atoms with Crippen LogP contribution >= 0.6 is 22.9 Å². The molecular formula is C22H16ClN5O2S2. The van der Waals surface area contributed by atoms with Crippen LogP contribution in [0.3, 0.4) is 0 Å². The highest BCUT2D eigenvalue weighted by Gasteiger charge is 2.25. The lowest BCUT2D eigenvalue weighted by atomic mass is 10.1. The highest BCUT2D eigenvalue weighted by molar-refractivity contribution is 7.93. The summed E-state index contributed by atoms with van der Waals surface area (Å²) in [5.41, 5.74) is 3.14. The first-order valence-electron chi connectivity index (χ1n) is 9.57. The summed E-state index contributed by atoms with van der Waals surface area (Å²) in [4.78, 5) is 17.6. The fraction of sp³-hybridized carbons (Fsp3) is 0.0909. The lowest BCUT2D eigenvalue weighted by Crippen LogP contribution is -2.09. The number of thiazole rings is 1. The van der Waals surface area contributed by atoms with Crippen molar-refractivity contribution in [2.45, 2.75) is 22.8 Å². The van der Waals surface area contributed by atoms with Gasteiger partial charge in [-0.05, 0) is 19.1 Å². The van der Waals surface area contributed by atoms with Gasteiger partial charge in [-0.15, -0.1) is 0 Å². The highest BCUT2D eigenvalue weighted by Crippen LogP contribution is 2.33. The van der Waals surface area contributed by atoms with Crippen molar-refractivity contribution in [3.05, 3.63) is 83.2 Å². The molecule has 5 rings (SSSR count). The number of benzene rings is 1. The van der Waals surface area contributed by atoms with E-state index < -0.39 is 11.2 Å². The Balaban J connectivity index is 1.52. The molecule has 0 aliphatic rings. The average Bonchev–Trinajstić information content (AvgIpc) is 3.52. The fourth-order valence-corrected chi connectivity index (χ4v) is 5.66. The smallest absolute Gasteiger partial charge is 0.307 e. The lowest BCUT2D eigenvalue weighted by Gasteiger charge is -2.15. The Hall–Kier alpha value is -2.98. The first-order chi connectivity index (χ1) is 15.6. The summed E-state index contributed by atoms with van der Waals surface area (Å²) in [7, 11) is 0. The minimum atomic E-state index is -1.50. The molecule has 0 N–H and O–H groups in total. The van der Waals surface area contributed by atoms with Crippen LogP contribution in [0.2, 0.25) is 5.02 Å². The summed E-state index contributed by atoms with van der Waals surface area (Å²) in [6.07, 6.45) is 10.1. The zero-order valence-corrected chi connectivity index (χ0v) is 19.2. The van der Waals surface area contributed by atoms with Gasteiger partial charge in [-0.25, -0.2) is 9.97 Å². The summed E-state index contributed by atoms with van der Waals surface area (Å²) >= 11 is 6.24. The number of fused-ring (bicyclic) bond motifs is 1. The van der Waals surface area contributed by atoms with Crippen molar-refractivity contribution in [3.8, 4) is 11.4 Å². The molecule has 0 amide bonds. The molecular weight excluding hydrogens is 466 g/mol. The van der Waals surface area contributed by atoms with Gasteiger partial charge < -0.3 is 13.9 Å². The predicted octanol–water partition coefficient (Wildman–Crippen LogP) is 4.98. The van der Waals surface area contributed by atoms with Gasteiger partial charge >= 0.3 is 4.34 Å². The van der Waals surface area contributed by atoms with Crippen LogP contribution in [-0.2, 0) is 17.8 Å². The Morgan fingerprint density at radius 3 is 2.91 bits per heavy atom. The van der Waals surface area contributed by atoms with Crippen LogP contribution in [0, 0.1) is 6.92 Å². The first kappa shape index (κ1) is 20.9. The molecule has 0 aliphatic carbocycles. The summed E-state index contributed by atoms with van der Waals surface area (Å²) in [6, 6.07) is 7.77. The summed E-state index contributed by atoms with van der Waals surface area (Å²) in [6.45, 7) is 2.05. The molecule has 4 aromatic heterocycles. The number of para-hydroxylation sites is 1. The molecule has 0 saturated carbocycles. The molecule has 0 aliphatic heterocycles. The van der Waals surface area contributed by atoms with Crippen LogP contribution in [0.15, 0.2) is 76.2 Å². The standard InChI is InChI=1S/C22H16ClN5O2S2/c1-14-9-18(28-7-5-24-13-28)15-3-2-4-19(21(15)27-14)30-12-16-17(23)10-25-11-20(16)32(29)22-26-6-8-31-22/h2-11,13H,12H2,1H3. The van der Waals surface area contributed by atoms with Crippen LogP contribution in [0.1, 0.15) is 11.3 Å². The van der Waals surface area contributed by atoms with E-state index in [1.54, 1.807) is 30.3 Å². The number of ether oxygens (including phenoxy) is 1. The van der Waals surface area contributed by atoms with E-state index in [-0.39, 0.29) is 6.61 Å². The van der Waals surface area contributed by atoms with Crippen molar-refractivity contribution in [3.63, 3.8) is 0 Å². The first-order valence-corrected chi connectivity index (χ1v) is 12.0. The second kappa shape index (κ2) is 8.87. The maximum Gasteiger partial charge on any atom is 0.307 e. The van der Waals surface area contributed by atoms with Crippen molar-refractivity contribution < 1.29 is 9.29 Å². The van der Waals surface area contributed by atoms with Gasteiger partial charge in [-0.3, -0.25) is 4.98 Å². The minimum Gasteiger partial charge on any atom is -0.605 e. The molecule has 7 nitrogen and oxygen atoms in total. The van der Waals surface area contributed by atoms with Gasteiger partial charge in [0.2, 0.25) is 0 Å². The number of hydrogen-bond donors (Lipinski definition) is 0. The second-order valence-electron chi connectivity index (χ2n) is 6.86. The molecule has 0 fully saturated rings. The molecule has 1 aromatic carbocycles. The van der Waals surface area contributed by atoms with Crippen LogP contribution in [-0.4, -0.2) is 29.1 Å². The highest BCUT2D eigenvalue weighted by atomic mass is 35.5. The van der Waals surface area contributed by atoms with E-state index in [1.807, 2.05) is 42.0 Å². The van der Waals surface area contributed by atoms with Crippen molar-refractivity contribution in [2.24, 2.45) is 0 Å². The molecule has 0 bridgehead atoms. The Kier molecular flexibility index (Phi) is 5.79. The molecule has 0 spiro atoms. The SMILES string of the molecule is Cc1cc(-n2ccnc2)c2cccc(OCc3c(Cl)cncc3[S+]([O-])c3nccs3)c2n1. The number of imidazole rings is 1. The van der Waals surface area contributed by atoms with Crippen LogP contribution in [0.25, 0.3) is 16.6 Å². The molecule has 4 heterocycles. The van der Waals surface area contributed by atoms with Gasteiger partial charge in [-0.2, -0.15) is 4.98 Å². The van der Waals surface area contributed by atoms with Gasteiger partial charge in [0.25, 0.3) is 0 Å². The van der Waals surface area contributed by atoms with Gasteiger partial charge in [0.05, 0.1) is 40.0 Å². The predicted molar refractivity (Wildman–Crippen MR) is 124 cm³/mol. The van der Waals surface area contributed by atoms with E-state index >= 15 is 0 Å². The maximum absolute atomic E-state index is 13.0. The number of pyridine rings is 2. The molecule has 0 radical (unpaired) electrons. The minimum absolute atomic E-state index is 0.114. The largest absolute Gasteiger partial charge is 0.605 e. The number of hydrogen-bond acceptors (Lipinski definition) is 7. The zero-order chi connectivity index (χ0) is 22.1. The number of rotatable bonds is 6. The number of halogens is 1. The van der Waals surface area contributed by atoms with Gasteiger partial charge in [0.1, 0.15) is 17.9 Å². The fourth-order valence-electron chi connectivity index (χ4n) is 3.35. The average molecular weight is 482 g/mol. The monoisotopic (exact) mass is 481 g/mol. The van der Waals surface area contributed by atoms with Crippen molar-refractivity contribution in [2.75, 3.05) is 0 Å². The number of nitrogens with zero attached hydrogens (tertiary/aromatic N) is 5. The van der Waals surface area contributed by atoms with E-state index in [1.165, 1.54) is 17.5 Å². The molecule has 32 heavy (non-hydrogen) atoms. The van der Waals surface area contributed by atoms with Crippen molar-refractivity contribution in [1.82, 2.24) is 24.5 Å².